The van der Waals surface area contributed by atoms with Gasteiger partial charge < -0.3 is 9.32 Å². The topological polar surface area (TPSA) is 67.6 Å². The average Bonchev–Trinajstić information content (AvgIpc) is 2.95. The SMILES string of the molecule is O=C(C1CCS(=O)(=O)C1)N(Cc1ccco1)CC(F)(F)F. The Kier molecular flexibility index (Phi) is 4.31. The van der Waals surface area contributed by atoms with E-state index in [2.05, 4.69) is 0 Å². The number of alkyl halides is 3. The molecule has 1 aromatic rings. The van der Waals surface area contributed by atoms with E-state index in [1.54, 1.807) is 0 Å². The number of carbonyl (C=O) groups excluding carboxylic acids is 1. The van der Waals surface area contributed by atoms with Crippen LogP contribution in [0.1, 0.15) is 12.2 Å². The molecule has 1 aliphatic rings. The van der Waals surface area contributed by atoms with Gasteiger partial charge in [0.15, 0.2) is 9.84 Å². The Labute approximate surface area is 119 Å². The van der Waals surface area contributed by atoms with Gasteiger partial charge >= 0.3 is 6.18 Å². The average molecular weight is 325 g/mol. The second kappa shape index (κ2) is 5.70. The number of nitrogens with zero attached hydrogens (tertiary/aromatic N) is 1. The van der Waals surface area contributed by atoms with Crippen LogP contribution in [0.3, 0.4) is 0 Å². The maximum Gasteiger partial charge on any atom is 0.406 e. The molecule has 1 saturated heterocycles. The zero-order valence-electron chi connectivity index (χ0n) is 11.0. The van der Waals surface area contributed by atoms with Crippen LogP contribution in [0.2, 0.25) is 0 Å². The van der Waals surface area contributed by atoms with Crippen LogP contribution in [0.15, 0.2) is 22.8 Å². The van der Waals surface area contributed by atoms with E-state index in [1.165, 1.54) is 18.4 Å². The molecule has 1 atom stereocenters. The summed E-state index contributed by atoms with van der Waals surface area (Å²) in [5.41, 5.74) is 0. The third-order valence-electron chi connectivity index (χ3n) is 3.19. The fourth-order valence-corrected chi connectivity index (χ4v) is 4.00. The normalized spacial score (nSPS) is 21.4. The summed E-state index contributed by atoms with van der Waals surface area (Å²) in [5.74, 6) is -2.05. The molecule has 1 aliphatic heterocycles. The van der Waals surface area contributed by atoms with Crippen molar-refractivity contribution in [3.05, 3.63) is 24.2 Å². The highest BCUT2D eigenvalue weighted by molar-refractivity contribution is 7.91. The fourth-order valence-electron chi connectivity index (χ4n) is 2.27. The molecule has 0 aromatic carbocycles. The predicted octanol–water partition coefficient (Wildman–Crippen LogP) is 1.61. The number of rotatable bonds is 4. The minimum atomic E-state index is -4.56. The fraction of sp³-hybridized carbons (Fsp3) is 0.583. The van der Waals surface area contributed by atoms with Crippen LogP contribution in [0.4, 0.5) is 13.2 Å². The van der Waals surface area contributed by atoms with Crippen LogP contribution in [-0.2, 0) is 21.2 Å². The minimum Gasteiger partial charge on any atom is -0.467 e. The van der Waals surface area contributed by atoms with Gasteiger partial charge in [-0.05, 0) is 18.6 Å². The Morgan fingerprint density at radius 1 is 1.43 bits per heavy atom. The van der Waals surface area contributed by atoms with E-state index in [-0.39, 0.29) is 24.5 Å². The molecule has 0 saturated carbocycles. The number of hydrogen-bond donors (Lipinski definition) is 0. The molecule has 0 spiro atoms. The van der Waals surface area contributed by atoms with Gasteiger partial charge in [-0.1, -0.05) is 0 Å². The van der Waals surface area contributed by atoms with Crippen LogP contribution in [0, 0.1) is 5.92 Å². The number of furan rings is 1. The van der Waals surface area contributed by atoms with E-state index in [4.69, 9.17) is 4.42 Å². The van der Waals surface area contributed by atoms with E-state index < -0.39 is 40.1 Å². The van der Waals surface area contributed by atoms with Crippen molar-refractivity contribution in [3.8, 4) is 0 Å². The summed E-state index contributed by atoms with van der Waals surface area (Å²) in [5, 5.41) is 0. The van der Waals surface area contributed by atoms with Crippen molar-refractivity contribution in [2.45, 2.75) is 19.1 Å². The molecule has 0 bridgehead atoms. The molecule has 21 heavy (non-hydrogen) atoms. The Morgan fingerprint density at radius 3 is 2.62 bits per heavy atom. The molecule has 0 N–H and O–H groups in total. The van der Waals surface area contributed by atoms with Crippen LogP contribution >= 0.6 is 0 Å². The second-order valence-electron chi connectivity index (χ2n) is 4.99. The van der Waals surface area contributed by atoms with Crippen molar-refractivity contribution in [3.63, 3.8) is 0 Å². The second-order valence-corrected chi connectivity index (χ2v) is 7.22. The predicted molar refractivity (Wildman–Crippen MR) is 66.9 cm³/mol. The van der Waals surface area contributed by atoms with Crippen molar-refractivity contribution in [1.82, 2.24) is 4.90 Å². The summed E-state index contributed by atoms with van der Waals surface area (Å²) in [6.45, 7) is -1.76. The van der Waals surface area contributed by atoms with Gasteiger partial charge in [0.1, 0.15) is 12.3 Å². The Bertz CT molecular complexity index is 595. The zero-order valence-corrected chi connectivity index (χ0v) is 11.8. The van der Waals surface area contributed by atoms with Gasteiger partial charge in [0.05, 0.1) is 30.2 Å². The molecule has 2 rings (SSSR count). The van der Waals surface area contributed by atoms with Gasteiger partial charge in [-0.15, -0.1) is 0 Å². The van der Waals surface area contributed by atoms with E-state index >= 15 is 0 Å². The first kappa shape index (κ1) is 15.9. The van der Waals surface area contributed by atoms with Gasteiger partial charge in [0.25, 0.3) is 0 Å². The minimum absolute atomic E-state index is 0.0632. The number of carbonyl (C=O) groups is 1. The van der Waals surface area contributed by atoms with E-state index in [1.807, 2.05) is 0 Å². The Morgan fingerprint density at radius 2 is 2.14 bits per heavy atom. The molecule has 2 heterocycles. The van der Waals surface area contributed by atoms with Crippen molar-refractivity contribution in [2.24, 2.45) is 5.92 Å². The van der Waals surface area contributed by atoms with Crippen molar-refractivity contribution >= 4 is 15.7 Å². The molecule has 1 fully saturated rings. The molecule has 0 aliphatic carbocycles. The summed E-state index contributed by atoms with van der Waals surface area (Å²) in [6.07, 6.45) is -3.20. The third-order valence-corrected chi connectivity index (χ3v) is 4.96. The highest BCUT2D eigenvalue weighted by Crippen LogP contribution is 2.25. The van der Waals surface area contributed by atoms with Gasteiger partial charge in [-0.3, -0.25) is 4.79 Å². The van der Waals surface area contributed by atoms with Crippen LogP contribution in [0.25, 0.3) is 0 Å². The maximum atomic E-state index is 12.6. The van der Waals surface area contributed by atoms with Gasteiger partial charge in [0, 0.05) is 0 Å². The van der Waals surface area contributed by atoms with E-state index in [0.717, 1.165) is 0 Å². The summed E-state index contributed by atoms with van der Waals surface area (Å²) >= 11 is 0. The molecule has 5 nitrogen and oxygen atoms in total. The molecular formula is C12H14F3NO4S. The molecule has 1 unspecified atom stereocenters. The summed E-state index contributed by atoms with van der Waals surface area (Å²) in [7, 11) is -3.33. The lowest BCUT2D eigenvalue weighted by Crippen LogP contribution is -2.42. The van der Waals surface area contributed by atoms with Crippen LogP contribution in [0.5, 0.6) is 0 Å². The van der Waals surface area contributed by atoms with E-state index in [0.29, 0.717) is 4.90 Å². The first-order valence-electron chi connectivity index (χ1n) is 6.25. The summed E-state index contributed by atoms with van der Waals surface area (Å²) in [6, 6.07) is 2.97. The summed E-state index contributed by atoms with van der Waals surface area (Å²) in [4.78, 5) is 12.8. The lowest BCUT2D eigenvalue weighted by molar-refractivity contribution is -0.165. The molecule has 9 heteroatoms. The highest BCUT2D eigenvalue weighted by atomic mass is 32.2. The monoisotopic (exact) mass is 325 g/mol. The number of amides is 1. The molecule has 0 radical (unpaired) electrons. The third kappa shape index (κ3) is 4.48. The lowest BCUT2D eigenvalue weighted by Gasteiger charge is -2.25. The van der Waals surface area contributed by atoms with Gasteiger partial charge in [-0.25, -0.2) is 8.42 Å². The first-order valence-corrected chi connectivity index (χ1v) is 8.07. The molecule has 118 valence electrons. The van der Waals surface area contributed by atoms with Crippen LogP contribution < -0.4 is 0 Å². The smallest absolute Gasteiger partial charge is 0.406 e. The van der Waals surface area contributed by atoms with Crippen molar-refractivity contribution in [1.29, 1.82) is 0 Å². The standard InChI is InChI=1S/C12H14F3NO4S/c13-12(14,15)8-16(6-10-2-1-4-20-10)11(17)9-3-5-21(18,19)7-9/h1-2,4,9H,3,5-8H2. The lowest BCUT2D eigenvalue weighted by atomic mass is 10.1. The van der Waals surface area contributed by atoms with Crippen molar-refractivity contribution < 1.29 is 30.8 Å². The maximum absolute atomic E-state index is 12.6. The number of halogens is 3. The molecule has 1 amide bonds. The number of sulfone groups is 1. The summed E-state index contributed by atoms with van der Waals surface area (Å²) < 4.78 is 65.4. The Balaban J connectivity index is 2.12. The largest absolute Gasteiger partial charge is 0.467 e. The zero-order chi connectivity index (χ0) is 15.7. The van der Waals surface area contributed by atoms with Gasteiger partial charge in [0.2, 0.25) is 5.91 Å². The number of hydrogen-bond acceptors (Lipinski definition) is 4. The Hall–Kier alpha value is -1.51. The van der Waals surface area contributed by atoms with Crippen molar-refractivity contribution in [2.75, 3.05) is 18.1 Å². The van der Waals surface area contributed by atoms with E-state index in [9.17, 15) is 26.4 Å². The highest BCUT2D eigenvalue weighted by Gasteiger charge is 2.39. The quantitative estimate of drug-likeness (QED) is 0.843. The van der Waals surface area contributed by atoms with Gasteiger partial charge in [-0.2, -0.15) is 13.2 Å². The molecule has 1 aromatic heterocycles. The first-order chi connectivity index (χ1) is 9.66. The molecular weight excluding hydrogens is 311 g/mol. The van der Waals surface area contributed by atoms with Crippen LogP contribution in [-0.4, -0.2) is 43.5 Å².